The largest absolute Gasteiger partial charge is 0.321 e. The van der Waals surface area contributed by atoms with Gasteiger partial charge in [0.15, 0.2) is 0 Å². The van der Waals surface area contributed by atoms with Gasteiger partial charge in [0.1, 0.15) is 0 Å². The lowest BCUT2D eigenvalue weighted by molar-refractivity contribution is 0.925. The highest BCUT2D eigenvalue weighted by molar-refractivity contribution is 5.85. The van der Waals surface area contributed by atoms with Crippen molar-refractivity contribution in [3.63, 3.8) is 0 Å². The lowest BCUT2D eigenvalue weighted by Crippen LogP contribution is -2.06. The number of aromatic nitrogens is 1. The summed E-state index contributed by atoms with van der Waals surface area (Å²) in [7, 11) is 0. The van der Waals surface area contributed by atoms with E-state index in [0.717, 1.165) is 16.3 Å². The molecule has 2 heteroatoms. The standard InChI is InChI=1S/C12H12N2/c1-2-12(13)11-5-3-4-9-8-14-7-6-10(9)11/h2-8,12H,1,13H2. The summed E-state index contributed by atoms with van der Waals surface area (Å²) in [6, 6.07) is 7.91. The maximum Gasteiger partial charge on any atom is 0.0484 e. The molecule has 2 N–H and O–H groups in total. The molecule has 0 aliphatic carbocycles. The summed E-state index contributed by atoms with van der Waals surface area (Å²) in [5.41, 5.74) is 7.02. The Morgan fingerprint density at radius 2 is 2.21 bits per heavy atom. The summed E-state index contributed by atoms with van der Waals surface area (Å²) in [6.07, 6.45) is 5.37. The predicted octanol–water partition coefficient (Wildman–Crippen LogP) is 2.42. The second-order valence-electron chi connectivity index (χ2n) is 3.21. The smallest absolute Gasteiger partial charge is 0.0484 e. The van der Waals surface area contributed by atoms with Gasteiger partial charge < -0.3 is 5.73 Å². The Labute approximate surface area is 83.1 Å². The van der Waals surface area contributed by atoms with Crippen molar-refractivity contribution in [1.29, 1.82) is 0 Å². The third-order valence-electron chi connectivity index (χ3n) is 2.33. The van der Waals surface area contributed by atoms with E-state index in [1.165, 1.54) is 0 Å². The van der Waals surface area contributed by atoms with E-state index in [1.807, 2.05) is 30.5 Å². The third-order valence-corrected chi connectivity index (χ3v) is 2.33. The summed E-state index contributed by atoms with van der Waals surface area (Å²) in [5.74, 6) is 0. The predicted molar refractivity (Wildman–Crippen MR) is 58.9 cm³/mol. The van der Waals surface area contributed by atoms with Gasteiger partial charge in [-0.15, -0.1) is 6.58 Å². The SMILES string of the molecule is C=CC(N)c1cccc2cnccc12. The monoisotopic (exact) mass is 184 g/mol. The van der Waals surface area contributed by atoms with Crippen LogP contribution in [0.5, 0.6) is 0 Å². The molecule has 1 atom stereocenters. The minimum atomic E-state index is -0.110. The van der Waals surface area contributed by atoms with Crippen LogP contribution in [0.3, 0.4) is 0 Å². The van der Waals surface area contributed by atoms with E-state index in [-0.39, 0.29) is 6.04 Å². The van der Waals surface area contributed by atoms with Gasteiger partial charge in [-0.05, 0) is 17.0 Å². The Morgan fingerprint density at radius 1 is 1.36 bits per heavy atom. The van der Waals surface area contributed by atoms with Crippen LogP contribution in [0, 0.1) is 0 Å². The van der Waals surface area contributed by atoms with Crippen molar-refractivity contribution in [3.05, 3.63) is 54.9 Å². The topological polar surface area (TPSA) is 38.9 Å². The van der Waals surface area contributed by atoms with Crippen LogP contribution in [0.25, 0.3) is 10.8 Å². The molecule has 0 spiro atoms. The van der Waals surface area contributed by atoms with Gasteiger partial charge >= 0.3 is 0 Å². The molecule has 0 radical (unpaired) electrons. The van der Waals surface area contributed by atoms with Crippen molar-refractivity contribution < 1.29 is 0 Å². The molecule has 0 amide bonds. The van der Waals surface area contributed by atoms with Gasteiger partial charge in [-0.2, -0.15) is 0 Å². The summed E-state index contributed by atoms with van der Waals surface area (Å²) in [4.78, 5) is 4.07. The Morgan fingerprint density at radius 3 is 3.00 bits per heavy atom. The highest BCUT2D eigenvalue weighted by atomic mass is 14.6. The van der Waals surface area contributed by atoms with Crippen LogP contribution in [0.15, 0.2) is 49.3 Å². The summed E-state index contributed by atoms with van der Waals surface area (Å²) in [5, 5.41) is 2.26. The first-order valence-electron chi connectivity index (χ1n) is 4.53. The Hall–Kier alpha value is -1.67. The highest BCUT2D eigenvalue weighted by Crippen LogP contribution is 2.22. The van der Waals surface area contributed by atoms with Gasteiger partial charge in [0.25, 0.3) is 0 Å². The summed E-state index contributed by atoms with van der Waals surface area (Å²) in [6.45, 7) is 3.70. The van der Waals surface area contributed by atoms with Crippen molar-refractivity contribution >= 4 is 10.8 Å². The zero-order valence-electron chi connectivity index (χ0n) is 7.85. The Kier molecular flexibility index (Phi) is 2.29. The molecule has 70 valence electrons. The molecule has 1 unspecified atom stereocenters. The van der Waals surface area contributed by atoms with E-state index < -0.39 is 0 Å². The molecule has 1 aromatic carbocycles. The van der Waals surface area contributed by atoms with E-state index in [2.05, 4.69) is 11.6 Å². The minimum Gasteiger partial charge on any atom is -0.321 e. The number of pyridine rings is 1. The average molecular weight is 184 g/mol. The molecular weight excluding hydrogens is 172 g/mol. The molecule has 14 heavy (non-hydrogen) atoms. The zero-order valence-corrected chi connectivity index (χ0v) is 7.85. The molecule has 0 aliphatic heterocycles. The zero-order chi connectivity index (χ0) is 9.97. The fourth-order valence-electron chi connectivity index (χ4n) is 1.57. The van der Waals surface area contributed by atoms with Gasteiger partial charge in [-0.25, -0.2) is 0 Å². The second-order valence-corrected chi connectivity index (χ2v) is 3.21. The van der Waals surface area contributed by atoms with Crippen molar-refractivity contribution in [2.75, 3.05) is 0 Å². The van der Waals surface area contributed by atoms with Crippen LogP contribution >= 0.6 is 0 Å². The molecule has 1 heterocycles. The van der Waals surface area contributed by atoms with Crippen LogP contribution in [0.4, 0.5) is 0 Å². The Balaban J connectivity index is 2.70. The van der Waals surface area contributed by atoms with E-state index in [1.54, 1.807) is 12.3 Å². The van der Waals surface area contributed by atoms with Crippen LogP contribution in [-0.4, -0.2) is 4.98 Å². The lowest BCUT2D eigenvalue weighted by Gasteiger charge is -2.09. The van der Waals surface area contributed by atoms with Gasteiger partial charge in [-0.1, -0.05) is 24.3 Å². The van der Waals surface area contributed by atoms with E-state index in [4.69, 9.17) is 5.73 Å². The molecule has 0 saturated carbocycles. The van der Waals surface area contributed by atoms with Crippen molar-refractivity contribution in [3.8, 4) is 0 Å². The maximum atomic E-state index is 5.92. The fraction of sp³-hybridized carbons (Fsp3) is 0.0833. The second kappa shape index (κ2) is 3.60. The van der Waals surface area contributed by atoms with E-state index in [0.29, 0.717) is 0 Å². The van der Waals surface area contributed by atoms with Gasteiger partial charge in [-0.3, -0.25) is 4.98 Å². The molecule has 0 fully saturated rings. The van der Waals surface area contributed by atoms with Crippen LogP contribution < -0.4 is 5.73 Å². The molecular formula is C12H12N2. The molecule has 0 aliphatic rings. The summed E-state index contributed by atoms with van der Waals surface area (Å²) >= 11 is 0. The van der Waals surface area contributed by atoms with Gasteiger partial charge in [0.05, 0.1) is 0 Å². The molecule has 2 aromatic rings. The number of fused-ring (bicyclic) bond motifs is 1. The lowest BCUT2D eigenvalue weighted by atomic mass is 10.0. The first-order valence-corrected chi connectivity index (χ1v) is 4.53. The Bertz CT molecular complexity index is 457. The van der Waals surface area contributed by atoms with Crippen molar-refractivity contribution in [1.82, 2.24) is 4.98 Å². The summed E-state index contributed by atoms with van der Waals surface area (Å²) < 4.78 is 0. The molecule has 2 nitrogen and oxygen atoms in total. The van der Waals surface area contributed by atoms with E-state index in [9.17, 15) is 0 Å². The number of nitrogens with two attached hydrogens (primary N) is 1. The van der Waals surface area contributed by atoms with Crippen molar-refractivity contribution in [2.45, 2.75) is 6.04 Å². The number of rotatable bonds is 2. The maximum absolute atomic E-state index is 5.92. The molecule has 0 saturated heterocycles. The third kappa shape index (κ3) is 1.40. The molecule has 0 bridgehead atoms. The van der Waals surface area contributed by atoms with Crippen molar-refractivity contribution in [2.24, 2.45) is 5.73 Å². The quantitative estimate of drug-likeness (QED) is 0.728. The normalized spacial score (nSPS) is 12.6. The first kappa shape index (κ1) is 8.91. The average Bonchev–Trinajstić information content (AvgIpc) is 2.27. The van der Waals surface area contributed by atoms with Gasteiger partial charge in [0.2, 0.25) is 0 Å². The molecule has 1 aromatic heterocycles. The number of nitrogens with zero attached hydrogens (tertiary/aromatic N) is 1. The first-order chi connectivity index (χ1) is 6.83. The minimum absolute atomic E-state index is 0.110. The fourth-order valence-corrected chi connectivity index (χ4v) is 1.57. The van der Waals surface area contributed by atoms with Gasteiger partial charge in [0, 0.05) is 23.8 Å². The number of benzene rings is 1. The van der Waals surface area contributed by atoms with Crippen LogP contribution in [-0.2, 0) is 0 Å². The molecule has 2 rings (SSSR count). The van der Waals surface area contributed by atoms with Crippen LogP contribution in [0.1, 0.15) is 11.6 Å². The number of hydrogen-bond donors (Lipinski definition) is 1. The van der Waals surface area contributed by atoms with Crippen LogP contribution in [0.2, 0.25) is 0 Å². The van der Waals surface area contributed by atoms with E-state index >= 15 is 0 Å². The number of hydrogen-bond acceptors (Lipinski definition) is 2. The highest BCUT2D eigenvalue weighted by Gasteiger charge is 2.05.